The van der Waals surface area contributed by atoms with E-state index in [1.54, 1.807) is 0 Å². The summed E-state index contributed by atoms with van der Waals surface area (Å²) in [6.07, 6.45) is 15.7. The summed E-state index contributed by atoms with van der Waals surface area (Å²) in [5.41, 5.74) is 0. The van der Waals surface area contributed by atoms with Crippen LogP contribution in [0.15, 0.2) is 0 Å². The van der Waals surface area contributed by atoms with Crippen LogP contribution in [0.4, 0.5) is 9.59 Å². The van der Waals surface area contributed by atoms with Crippen molar-refractivity contribution in [2.75, 3.05) is 0 Å². The Bertz CT molecular complexity index is 419. The van der Waals surface area contributed by atoms with Gasteiger partial charge in [0, 0.05) is 24.2 Å². The molecular formula is C20H36N4O2. The summed E-state index contributed by atoms with van der Waals surface area (Å²) in [5, 5.41) is 12.5. The standard InChI is InChI=1S/C20H36N4O2/c25-19(21-15-8-3-1-4-9-15)23-17-12-7-13-18(14-17)24-20(26)22-16-10-5-2-6-11-16/h15-18H,1-14H2,(H2,21,23,25)(H2,22,24,26)/t17-,18-/m1/s1. The lowest BCUT2D eigenvalue weighted by Crippen LogP contribution is -2.52. The topological polar surface area (TPSA) is 82.3 Å². The minimum atomic E-state index is -0.0331. The molecule has 26 heavy (non-hydrogen) atoms. The fraction of sp³-hybridized carbons (Fsp3) is 0.900. The molecular weight excluding hydrogens is 328 g/mol. The third kappa shape index (κ3) is 6.36. The molecule has 3 saturated carbocycles. The predicted octanol–water partition coefficient (Wildman–Crippen LogP) is 3.56. The Morgan fingerprint density at radius 1 is 0.462 bits per heavy atom. The number of hydrogen-bond donors (Lipinski definition) is 4. The summed E-state index contributed by atoms with van der Waals surface area (Å²) in [5.74, 6) is 0. The molecule has 0 radical (unpaired) electrons. The second-order valence-corrected chi connectivity index (χ2v) is 8.47. The van der Waals surface area contributed by atoms with E-state index in [0.29, 0.717) is 12.1 Å². The van der Waals surface area contributed by atoms with E-state index < -0.39 is 0 Å². The molecule has 0 aromatic carbocycles. The fourth-order valence-electron chi connectivity index (χ4n) is 4.77. The minimum absolute atomic E-state index is 0.0331. The van der Waals surface area contributed by atoms with Gasteiger partial charge in [0.1, 0.15) is 0 Å². The highest BCUT2D eigenvalue weighted by Crippen LogP contribution is 2.20. The predicted molar refractivity (Wildman–Crippen MR) is 103 cm³/mol. The molecule has 0 aromatic rings. The largest absolute Gasteiger partial charge is 0.335 e. The molecule has 2 atom stereocenters. The van der Waals surface area contributed by atoms with Gasteiger partial charge in [0.2, 0.25) is 0 Å². The van der Waals surface area contributed by atoms with Crippen LogP contribution in [-0.4, -0.2) is 36.2 Å². The van der Waals surface area contributed by atoms with Gasteiger partial charge in [0.15, 0.2) is 0 Å². The molecule has 0 spiro atoms. The summed E-state index contributed by atoms with van der Waals surface area (Å²) in [7, 11) is 0. The van der Waals surface area contributed by atoms with Crippen LogP contribution in [0.25, 0.3) is 0 Å². The highest BCUT2D eigenvalue weighted by atomic mass is 16.2. The smallest absolute Gasteiger partial charge is 0.315 e. The molecule has 0 unspecified atom stereocenters. The van der Waals surface area contributed by atoms with Crippen LogP contribution in [0.1, 0.15) is 89.9 Å². The first-order chi connectivity index (χ1) is 12.7. The Morgan fingerprint density at radius 2 is 0.808 bits per heavy atom. The van der Waals surface area contributed by atoms with Crippen molar-refractivity contribution in [1.82, 2.24) is 21.3 Å². The van der Waals surface area contributed by atoms with E-state index in [9.17, 15) is 9.59 Å². The molecule has 6 heteroatoms. The normalized spacial score (nSPS) is 28.2. The summed E-state index contributed by atoms with van der Waals surface area (Å²) < 4.78 is 0. The lowest BCUT2D eigenvalue weighted by Gasteiger charge is -2.32. The third-order valence-corrected chi connectivity index (χ3v) is 6.23. The average Bonchev–Trinajstić information content (AvgIpc) is 2.63. The van der Waals surface area contributed by atoms with Crippen LogP contribution in [0.2, 0.25) is 0 Å². The minimum Gasteiger partial charge on any atom is -0.335 e. The van der Waals surface area contributed by atoms with Crippen molar-refractivity contribution >= 4 is 12.1 Å². The molecule has 0 saturated heterocycles. The van der Waals surface area contributed by atoms with E-state index in [0.717, 1.165) is 51.4 Å². The Balaban J connectivity index is 1.36. The molecule has 4 amide bonds. The number of hydrogen-bond acceptors (Lipinski definition) is 2. The van der Waals surface area contributed by atoms with Crippen LogP contribution in [-0.2, 0) is 0 Å². The van der Waals surface area contributed by atoms with Crippen molar-refractivity contribution in [3.05, 3.63) is 0 Å². The number of urea groups is 2. The lowest BCUT2D eigenvalue weighted by molar-refractivity contribution is 0.214. The maximum atomic E-state index is 12.2. The van der Waals surface area contributed by atoms with Gasteiger partial charge in [-0.3, -0.25) is 0 Å². The van der Waals surface area contributed by atoms with Crippen molar-refractivity contribution in [2.45, 2.75) is 114 Å². The SMILES string of the molecule is O=C(NC1CCCCC1)N[C@@H]1CCC[C@@H](NC(=O)NC2CCCCC2)C1. The molecule has 4 N–H and O–H groups in total. The van der Waals surface area contributed by atoms with Crippen LogP contribution in [0.5, 0.6) is 0 Å². The molecule has 0 heterocycles. The highest BCUT2D eigenvalue weighted by molar-refractivity contribution is 5.75. The van der Waals surface area contributed by atoms with Gasteiger partial charge in [-0.05, 0) is 51.4 Å². The Morgan fingerprint density at radius 3 is 1.23 bits per heavy atom. The third-order valence-electron chi connectivity index (χ3n) is 6.23. The molecule has 148 valence electrons. The summed E-state index contributed by atoms with van der Waals surface area (Å²) in [4.78, 5) is 24.5. The molecule has 0 aromatic heterocycles. The van der Waals surface area contributed by atoms with Gasteiger partial charge in [-0.2, -0.15) is 0 Å². The van der Waals surface area contributed by atoms with Gasteiger partial charge in [-0.1, -0.05) is 38.5 Å². The van der Waals surface area contributed by atoms with Gasteiger partial charge >= 0.3 is 12.1 Å². The van der Waals surface area contributed by atoms with Crippen molar-refractivity contribution in [1.29, 1.82) is 0 Å². The summed E-state index contributed by atoms with van der Waals surface area (Å²) >= 11 is 0. The number of nitrogens with one attached hydrogen (secondary N) is 4. The first kappa shape index (κ1) is 19.3. The maximum Gasteiger partial charge on any atom is 0.315 e. The highest BCUT2D eigenvalue weighted by Gasteiger charge is 2.26. The van der Waals surface area contributed by atoms with Crippen molar-refractivity contribution < 1.29 is 9.59 Å². The first-order valence-electron chi connectivity index (χ1n) is 10.8. The van der Waals surface area contributed by atoms with Gasteiger partial charge in [0.05, 0.1) is 0 Å². The summed E-state index contributed by atoms with van der Waals surface area (Å²) in [6, 6.07) is 0.924. The van der Waals surface area contributed by atoms with E-state index >= 15 is 0 Å². The molecule has 3 fully saturated rings. The molecule has 3 rings (SSSR count). The van der Waals surface area contributed by atoms with E-state index in [-0.39, 0.29) is 24.1 Å². The second-order valence-electron chi connectivity index (χ2n) is 8.47. The second kappa shape index (κ2) is 10.0. The van der Waals surface area contributed by atoms with Gasteiger partial charge < -0.3 is 21.3 Å². The van der Waals surface area contributed by atoms with Crippen LogP contribution >= 0.6 is 0 Å². The van der Waals surface area contributed by atoms with Gasteiger partial charge in [-0.25, -0.2) is 9.59 Å². The summed E-state index contributed by atoms with van der Waals surface area (Å²) in [6.45, 7) is 0. The average molecular weight is 365 g/mol. The van der Waals surface area contributed by atoms with Crippen LogP contribution < -0.4 is 21.3 Å². The maximum absolute atomic E-state index is 12.2. The fourth-order valence-corrected chi connectivity index (χ4v) is 4.77. The molecule has 0 bridgehead atoms. The number of carbonyl (C=O) groups is 2. The van der Waals surface area contributed by atoms with E-state index in [2.05, 4.69) is 21.3 Å². The van der Waals surface area contributed by atoms with E-state index in [1.807, 2.05) is 0 Å². The van der Waals surface area contributed by atoms with Gasteiger partial charge in [0.25, 0.3) is 0 Å². The van der Waals surface area contributed by atoms with E-state index in [1.165, 1.54) is 38.5 Å². The van der Waals surface area contributed by atoms with Gasteiger partial charge in [-0.15, -0.1) is 0 Å². The van der Waals surface area contributed by atoms with Crippen molar-refractivity contribution in [2.24, 2.45) is 0 Å². The molecule has 3 aliphatic carbocycles. The lowest BCUT2D eigenvalue weighted by atomic mass is 9.91. The zero-order chi connectivity index (χ0) is 18.2. The molecule has 0 aliphatic heterocycles. The first-order valence-corrected chi connectivity index (χ1v) is 10.8. The van der Waals surface area contributed by atoms with Crippen molar-refractivity contribution in [3.8, 4) is 0 Å². The number of carbonyl (C=O) groups excluding carboxylic acids is 2. The Labute approximate surface area is 157 Å². The molecule has 3 aliphatic rings. The Kier molecular flexibility index (Phi) is 7.44. The van der Waals surface area contributed by atoms with Crippen LogP contribution in [0.3, 0.4) is 0 Å². The van der Waals surface area contributed by atoms with Crippen molar-refractivity contribution in [3.63, 3.8) is 0 Å². The zero-order valence-corrected chi connectivity index (χ0v) is 16.0. The molecule has 6 nitrogen and oxygen atoms in total. The Hall–Kier alpha value is -1.46. The van der Waals surface area contributed by atoms with E-state index in [4.69, 9.17) is 0 Å². The van der Waals surface area contributed by atoms with Crippen LogP contribution in [0, 0.1) is 0 Å². The number of amides is 4. The quantitative estimate of drug-likeness (QED) is 0.615. The monoisotopic (exact) mass is 364 g/mol. The number of rotatable bonds is 4. The zero-order valence-electron chi connectivity index (χ0n) is 16.0.